The Balaban J connectivity index is 1.50. The molecule has 33 heteroatoms. The van der Waals surface area contributed by atoms with Crippen molar-refractivity contribution in [3.63, 3.8) is 0 Å². The predicted molar refractivity (Wildman–Crippen MR) is 283 cm³/mol. The number of primary amides is 1. The van der Waals surface area contributed by atoms with E-state index in [-0.39, 0.29) is 28.5 Å². The highest BCUT2D eigenvalue weighted by atomic mass is 35.5. The zero-order valence-corrected chi connectivity index (χ0v) is 41.7. The van der Waals surface area contributed by atoms with Gasteiger partial charge in [-0.05, 0) is 35.9 Å². The number of aromatic nitrogens is 2. The number of nitrogens with one attached hydrogen (secondary N) is 13. The molecule has 6 atom stereocenters. The van der Waals surface area contributed by atoms with Crippen molar-refractivity contribution < 1.29 is 38.8 Å². The smallest absolute Gasteiger partial charge is 0.274 e. The Morgan fingerprint density at radius 2 is 0.949 bits per heavy atom. The van der Waals surface area contributed by atoms with Crippen LogP contribution in [0.2, 0.25) is 10.0 Å². The average Bonchev–Trinajstić information content (AvgIpc) is 3.39. The van der Waals surface area contributed by atoms with Gasteiger partial charge in [0.15, 0.2) is 48.5 Å². The fraction of sp³-hybridized carbons (Fsp3) is 0.156. The Kier molecular flexibility index (Phi) is 20.0. The average molecular weight is 1110 g/mol. The summed E-state index contributed by atoms with van der Waals surface area (Å²) in [5.41, 5.74) is 28.1. The van der Waals surface area contributed by atoms with E-state index in [1.54, 1.807) is 60.7 Å². The quantitative estimate of drug-likeness (QED) is 0.0105. The molecule has 0 fully saturated rings. The number of benzene rings is 4. The van der Waals surface area contributed by atoms with Crippen molar-refractivity contribution >= 4 is 94.1 Å². The van der Waals surface area contributed by atoms with Gasteiger partial charge in [0.05, 0.1) is 22.9 Å². The summed E-state index contributed by atoms with van der Waals surface area (Å²) in [6, 6.07) is 25.5. The minimum absolute atomic E-state index is 0.0109. The molecule has 0 aliphatic rings. The van der Waals surface area contributed by atoms with Gasteiger partial charge in [0.25, 0.3) is 35.2 Å². The normalized spacial score (nSPS) is 12.9. The molecule has 31 nitrogen and oxygen atoms in total. The van der Waals surface area contributed by atoms with Crippen molar-refractivity contribution in [1.82, 2.24) is 57.8 Å². The summed E-state index contributed by atoms with van der Waals surface area (Å²) in [6.07, 6.45) is -10.5. The molecule has 0 spiro atoms. The molecule has 24 N–H and O–H groups in total. The number of anilines is 1. The van der Waals surface area contributed by atoms with Gasteiger partial charge >= 0.3 is 0 Å². The standard InChI is InChI=1S/C45H50Cl2N22O9/c46-24-14-10-20(11-15-24)26-18-27(21-12-16-25(47)17-13-21)58-45(57-26)68(19-23-8-4-5-9-28(23)69(77)78)40(76)39(75)59-29(22-6-2-1-3-7-22)35(71)61-32(65-42(51)52)37(73)63-34(67-44(55)56)38(74)62-33(66-43(53)54)36(72)60-31(30(48)70)64-41(49)50/h1-18,29,31-34,40,76H,19H2,(H2,48,70)(H,59,75)(H,60,72)(H,61,71)(H,62,74)(H,63,73)(H4,49,50,64)(H4,51,52,65)(H4,53,54,66)(H4,55,56,67). The second kappa shape index (κ2) is 26.7. The minimum atomic E-state index is -2.37. The number of halogens is 2. The highest BCUT2D eigenvalue weighted by molar-refractivity contribution is 6.31. The fourth-order valence-corrected chi connectivity index (χ4v) is 7.13. The topological polar surface area (TPSA) is 529 Å². The first kappa shape index (κ1) is 58.5. The van der Waals surface area contributed by atoms with E-state index in [1.165, 1.54) is 48.5 Å². The number of rotatable bonds is 23. The molecule has 1 heterocycles. The molecule has 0 aliphatic carbocycles. The number of aliphatic hydroxyl groups excluding tert-OH is 1. The largest absolute Gasteiger partial charge is 0.370 e. The van der Waals surface area contributed by atoms with Crippen molar-refractivity contribution in [3.05, 3.63) is 140 Å². The number of guanidine groups is 4. The van der Waals surface area contributed by atoms with E-state index in [9.17, 15) is 44.0 Å². The molecule has 1 aromatic heterocycles. The van der Waals surface area contributed by atoms with E-state index in [2.05, 4.69) is 41.9 Å². The van der Waals surface area contributed by atoms with Gasteiger partial charge in [-0.2, -0.15) is 0 Å². The molecule has 5 rings (SSSR count). The van der Waals surface area contributed by atoms with E-state index >= 15 is 0 Å². The van der Waals surface area contributed by atoms with Crippen LogP contribution >= 0.6 is 23.2 Å². The number of amides is 6. The molecule has 78 heavy (non-hydrogen) atoms. The first-order chi connectivity index (χ1) is 36.9. The Bertz CT molecular complexity index is 3040. The molecule has 4 aromatic carbocycles. The number of nitrogens with zero attached hydrogens (tertiary/aromatic N) is 4. The van der Waals surface area contributed by atoms with Gasteiger partial charge in [-0.1, -0.05) is 96.0 Å². The summed E-state index contributed by atoms with van der Waals surface area (Å²) in [6.45, 7) is -0.590. The predicted octanol–water partition coefficient (Wildman–Crippen LogP) is -2.61. The van der Waals surface area contributed by atoms with Crippen molar-refractivity contribution in [2.24, 2.45) is 28.7 Å². The Morgan fingerprint density at radius 1 is 0.551 bits per heavy atom. The summed E-state index contributed by atoms with van der Waals surface area (Å²) >= 11 is 12.4. The minimum Gasteiger partial charge on any atom is -0.370 e. The third-order valence-electron chi connectivity index (χ3n) is 10.4. The summed E-state index contributed by atoms with van der Waals surface area (Å²) < 4.78 is 0. The van der Waals surface area contributed by atoms with Crippen LogP contribution in [-0.2, 0) is 35.3 Å². The molecule has 6 unspecified atom stereocenters. The lowest BCUT2D eigenvalue weighted by molar-refractivity contribution is -0.385. The zero-order chi connectivity index (χ0) is 57.4. The molecule has 5 aromatic rings. The first-order valence-corrected chi connectivity index (χ1v) is 23.0. The van der Waals surface area contributed by atoms with Crippen LogP contribution in [0, 0.1) is 31.8 Å². The third-order valence-corrected chi connectivity index (χ3v) is 10.9. The van der Waals surface area contributed by atoms with Gasteiger partial charge in [-0.15, -0.1) is 0 Å². The lowest BCUT2D eigenvalue weighted by Crippen LogP contribution is -2.68. The van der Waals surface area contributed by atoms with Gasteiger partial charge in [-0.3, -0.25) is 60.5 Å². The SMILES string of the molecule is N=C(N)NC(NC(=O)C(NC(=N)N)NC(=O)C(NC(=N)N)NC(=O)C(NC(=N)N)NC(=O)C(NC(=O)C(O)N(Cc1ccccc1[N+](=O)[O-])c1nc(-c2ccc(Cl)cc2)cc(-c2ccc(Cl)cc2)n1)c1ccccc1)C(N)=O. The number of hydrogen-bond acceptors (Lipinski definition) is 16. The maximum atomic E-state index is 14.6. The molecule has 6 amide bonds. The van der Waals surface area contributed by atoms with Crippen LogP contribution in [0.3, 0.4) is 0 Å². The monoisotopic (exact) mass is 1110 g/mol. The van der Waals surface area contributed by atoms with E-state index in [0.717, 1.165) is 4.90 Å². The Hall–Kier alpha value is -10.4. The number of carbonyl (C=O) groups is 6. The summed E-state index contributed by atoms with van der Waals surface area (Å²) in [5.74, 6) is -11.9. The van der Waals surface area contributed by atoms with Crippen LogP contribution < -0.4 is 81.4 Å². The molecular weight excluding hydrogens is 1060 g/mol. The highest BCUT2D eigenvalue weighted by Crippen LogP contribution is 2.31. The Morgan fingerprint density at radius 3 is 1.37 bits per heavy atom. The molecular formula is C45H50Cl2N22O9. The molecule has 0 saturated carbocycles. The summed E-state index contributed by atoms with van der Waals surface area (Å²) in [5, 5.41) is 75.1. The van der Waals surface area contributed by atoms with E-state index in [1.807, 2.05) is 16.0 Å². The summed E-state index contributed by atoms with van der Waals surface area (Å²) in [4.78, 5) is 104. The van der Waals surface area contributed by atoms with Crippen molar-refractivity contribution in [2.75, 3.05) is 4.90 Å². The van der Waals surface area contributed by atoms with E-state index in [4.69, 9.17) is 73.5 Å². The van der Waals surface area contributed by atoms with Crippen molar-refractivity contribution in [1.29, 1.82) is 21.6 Å². The number of nitro benzene ring substituents is 1. The summed E-state index contributed by atoms with van der Waals surface area (Å²) in [7, 11) is 0. The van der Waals surface area contributed by atoms with Gasteiger partial charge in [0.1, 0.15) is 6.04 Å². The van der Waals surface area contributed by atoms with Crippen LogP contribution in [0.15, 0.2) is 109 Å². The van der Waals surface area contributed by atoms with Crippen LogP contribution in [0.5, 0.6) is 0 Å². The van der Waals surface area contributed by atoms with Crippen LogP contribution in [-0.4, -0.2) is 110 Å². The zero-order valence-electron chi connectivity index (χ0n) is 40.2. The molecule has 0 radical (unpaired) electrons. The van der Waals surface area contributed by atoms with E-state index in [0.29, 0.717) is 21.2 Å². The van der Waals surface area contributed by atoms with Crippen LogP contribution in [0.1, 0.15) is 17.2 Å². The van der Waals surface area contributed by atoms with Crippen LogP contribution in [0.4, 0.5) is 11.6 Å². The number of carbonyl (C=O) groups excluding carboxylic acids is 6. The lowest BCUT2D eigenvalue weighted by atomic mass is 10.1. The molecule has 0 saturated heterocycles. The fourth-order valence-electron chi connectivity index (χ4n) is 6.88. The Labute approximate surface area is 450 Å². The van der Waals surface area contributed by atoms with Gasteiger partial charge in [0, 0.05) is 32.8 Å². The highest BCUT2D eigenvalue weighted by Gasteiger charge is 2.36. The molecule has 408 valence electrons. The third kappa shape index (κ3) is 16.6. The number of nitrogens with two attached hydrogens (primary N) is 5. The maximum Gasteiger partial charge on any atom is 0.274 e. The number of aliphatic hydroxyl groups is 1. The van der Waals surface area contributed by atoms with Crippen molar-refractivity contribution in [3.8, 4) is 22.5 Å². The van der Waals surface area contributed by atoms with Crippen molar-refractivity contribution in [2.45, 2.75) is 43.5 Å². The first-order valence-electron chi connectivity index (χ1n) is 22.3. The number of para-hydroxylation sites is 1. The van der Waals surface area contributed by atoms with Gasteiger partial charge in [0.2, 0.25) is 18.1 Å². The molecule has 0 aliphatic heterocycles. The molecule has 0 bridgehead atoms. The van der Waals surface area contributed by atoms with Gasteiger partial charge < -0.3 is 86.5 Å². The maximum absolute atomic E-state index is 14.6. The number of nitro groups is 1. The van der Waals surface area contributed by atoms with Gasteiger partial charge in [-0.25, -0.2) is 9.97 Å². The van der Waals surface area contributed by atoms with E-state index < -0.39 is 113 Å². The number of hydrogen-bond donors (Lipinski definition) is 19. The lowest BCUT2D eigenvalue weighted by Gasteiger charge is -2.30. The second-order valence-corrected chi connectivity index (χ2v) is 17.0. The second-order valence-electron chi connectivity index (χ2n) is 16.1. The van der Waals surface area contributed by atoms with Crippen LogP contribution in [0.25, 0.3) is 22.5 Å².